The van der Waals surface area contributed by atoms with Gasteiger partial charge in [0.05, 0.1) is 0 Å². The van der Waals surface area contributed by atoms with Gasteiger partial charge in [-0.05, 0) is 37.5 Å². The summed E-state index contributed by atoms with van der Waals surface area (Å²) in [5, 5.41) is 11.8. The molecule has 1 amide bonds. The number of aliphatic carboxylic acids is 1. The smallest absolute Gasteiger partial charge is 0.326 e. The van der Waals surface area contributed by atoms with Crippen LogP contribution in [0.4, 0.5) is 0 Å². The number of hydrogen-bond donors (Lipinski definition) is 2. The quantitative estimate of drug-likeness (QED) is 0.717. The maximum Gasteiger partial charge on any atom is 0.326 e. The number of ether oxygens (including phenoxy) is 1. The van der Waals surface area contributed by atoms with Crippen LogP contribution in [-0.2, 0) is 14.3 Å². The highest BCUT2D eigenvalue weighted by Gasteiger charge is 2.25. The summed E-state index contributed by atoms with van der Waals surface area (Å²) in [7, 11) is 0. The second-order valence-corrected chi connectivity index (χ2v) is 5.72. The van der Waals surface area contributed by atoms with Crippen LogP contribution >= 0.6 is 0 Å². The fourth-order valence-corrected chi connectivity index (χ4v) is 2.52. The van der Waals surface area contributed by atoms with Crippen LogP contribution in [0.3, 0.4) is 0 Å². The summed E-state index contributed by atoms with van der Waals surface area (Å²) in [5.74, 6) is -0.491. The molecule has 0 radical (unpaired) electrons. The summed E-state index contributed by atoms with van der Waals surface area (Å²) in [4.78, 5) is 22.9. The fourth-order valence-electron chi connectivity index (χ4n) is 2.52. The Balaban J connectivity index is 2.25. The third kappa shape index (κ3) is 5.90. The molecule has 1 fully saturated rings. The summed E-state index contributed by atoms with van der Waals surface area (Å²) >= 11 is 0. The van der Waals surface area contributed by atoms with E-state index in [4.69, 9.17) is 9.84 Å². The van der Waals surface area contributed by atoms with Crippen LogP contribution < -0.4 is 5.32 Å². The Labute approximate surface area is 121 Å². The van der Waals surface area contributed by atoms with Crippen LogP contribution in [0, 0.1) is 11.8 Å². The predicted molar refractivity (Wildman–Crippen MR) is 76.4 cm³/mol. The lowest BCUT2D eigenvalue weighted by Gasteiger charge is -2.22. The zero-order valence-corrected chi connectivity index (χ0v) is 12.6. The van der Waals surface area contributed by atoms with Crippen molar-refractivity contribution in [2.45, 2.75) is 58.4 Å². The first kappa shape index (κ1) is 17.0. The summed E-state index contributed by atoms with van der Waals surface area (Å²) < 4.78 is 5.30. The van der Waals surface area contributed by atoms with Gasteiger partial charge in [-0.15, -0.1) is 0 Å². The van der Waals surface area contributed by atoms with E-state index in [-0.39, 0.29) is 11.8 Å². The molecule has 1 heterocycles. The van der Waals surface area contributed by atoms with Gasteiger partial charge in [0, 0.05) is 19.6 Å². The Morgan fingerprint density at radius 3 is 2.55 bits per heavy atom. The molecule has 20 heavy (non-hydrogen) atoms. The Bertz CT molecular complexity index is 313. The lowest BCUT2D eigenvalue weighted by Crippen LogP contribution is -2.44. The van der Waals surface area contributed by atoms with Gasteiger partial charge in [-0.1, -0.05) is 20.3 Å². The Kier molecular flexibility index (Phi) is 7.59. The van der Waals surface area contributed by atoms with E-state index < -0.39 is 12.0 Å². The molecule has 116 valence electrons. The zero-order chi connectivity index (χ0) is 15.0. The number of nitrogens with one attached hydrogen (secondary N) is 1. The van der Waals surface area contributed by atoms with E-state index in [0.717, 1.165) is 45.3 Å². The molecule has 2 atom stereocenters. The monoisotopic (exact) mass is 285 g/mol. The number of carboxylic acids is 1. The molecule has 2 N–H and O–H groups in total. The third-order valence-corrected chi connectivity index (χ3v) is 4.15. The van der Waals surface area contributed by atoms with Gasteiger partial charge in [-0.3, -0.25) is 4.79 Å². The average molecular weight is 285 g/mol. The maximum absolute atomic E-state index is 11.8. The van der Waals surface area contributed by atoms with Gasteiger partial charge in [0.1, 0.15) is 6.04 Å². The minimum atomic E-state index is -0.947. The van der Waals surface area contributed by atoms with E-state index in [2.05, 4.69) is 5.32 Å². The molecule has 1 saturated heterocycles. The van der Waals surface area contributed by atoms with E-state index in [9.17, 15) is 9.59 Å². The van der Waals surface area contributed by atoms with E-state index in [1.165, 1.54) is 0 Å². The zero-order valence-electron chi connectivity index (χ0n) is 12.6. The normalized spacial score (nSPS) is 19.3. The topological polar surface area (TPSA) is 75.6 Å². The van der Waals surface area contributed by atoms with Crippen LogP contribution in [-0.4, -0.2) is 36.2 Å². The highest BCUT2D eigenvalue weighted by atomic mass is 16.5. The van der Waals surface area contributed by atoms with Crippen molar-refractivity contribution in [2.75, 3.05) is 13.2 Å². The van der Waals surface area contributed by atoms with Gasteiger partial charge in [0.15, 0.2) is 0 Å². The van der Waals surface area contributed by atoms with E-state index in [1.807, 2.05) is 13.8 Å². The fraction of sp³-hybridized carbons (Fsp3) is 0.867. The van der Waals surface area contributed by atoms with Crippen molar-refractivity contribution in [3.63, 3.8) is 0 Å². The van der Waals surface area contributed by atoms with Gasteiger partial charge in [0.2, 0.25) is 5.91 Å². The first-order valence-corrected chi connectivity index (χ1v) is 7.64. The van der Waals surface area contributed by atoms with Crippen LogP contribution in [0.1, 0.15) is 52.4 Å². The Morgan fingerprint density at radius 1 is 1.35 bits per heavy atom. The first-order valence-electron chi connectivity index (χ1n) is 7.64. The molecular weight excluding hydrogens is 258 g/mol. The molecule has 0 aromatic heterocycles. The average Bonchev–Trinajstić information content (AvgIpc) is 2.45. The molecule has 5 heteroatoms. The number of carbonyl (C=O) groups is 2. The standard InChI is InChI=1S/C15H27NO4/c1-3-11(2)14(15(18)19)16-13(17)6-4-5-12-7-9-20-10-8-12/h11-12,14H,3-10H2,1-2H3,(H,16,17)(H,18,19)/t11-,14-/m0/s1. The minimum absolute atomic E-state index is 0.0491. The van der Waals surface area contributed by atoms with E-state index >= 15 is 0 Å². The minimum Gasteiger partial charge on any atom is -0.480 e. The molecule has 0 saturated carbocycles. The van der Waals surface area contributed by atoms with Crippen LogP contribution in [0.5, 0.6) is 0 Å². The molecule has 0 spiro atoms. The molecule has 1 aliphatic heterocycles. The lowest BCUT2D eigenvalue weighted by molar-refractivity contribution is -0.143. The second kappa shape index (κ2) is 8.95. The van der Waals surface area contributed by atoms with E-state index in [1.54, 1.807) is 0 Å². The van der Waals surface area contributed by atoms with Crippen LogP contribution in [0.15, 0.2) is 0 Å². The highest BCUT2D eigenvalue weighted by molar-refractivity contribution is 5.83. The number of rotatable bonds is 8. The summed E-state index contributed by atoms with van der Waals surface area (Å²) in [5.41, 5.74) is 0. The van der Waals surface area contributed by atoms with Gasteiger partial charge in [-0.2, -0.15) is 0 Å². The van der Waals surface area contributed by atoms with Crippen molar-refractivity contribution in [1.82, 2.24) is 5.32 Å². The molecule has 0 aliphatic carbocycles. The van der Waals surface area contributed by atoms with Crippen molar-refractivity contribution < 1.29 is 19.4 Å². The van der Waals surface area contributed by atoms with Gasteiger partial charge < -0.3 is 15.2 Å². The van der Waals surface area contributed by atoms with Crippen LogP contribution in [0.2, 0.25) is 0 Å². The number of hydrogen-bond acceptors (Lipinski definition) is 3. The summed E-state index contributed by atoms with van der Waals surface area (Å²) in [6, 6.07) is -0.768. The SMILES string of the molecule is CC[C@H](C)[C@H](NC(=O)CCCC1CCOCC1)C(=O)O. The summed E-state index contributed by atoms with van der Waals surface area (Å²) in [6.07, 6.45) is 5.15. The third-order valence-electron chi connectivity index (χ3n) is 4.15. The van der Waals surface area contributed by atoms with Crippen LogP contribution in [0.25, 0.3) is 0 Å². The molecule has 1 aliphatic rings. The first-order chi connectivity index (χ1) is 9.54. The van der Waals surface area contributed by atoms with Crippen molar-refractivity contribution in [1.29, 1.82) is 0 Å². The largest absolute Gasteiger partial charge is 0.480 e. The van der Waals surface area contributed by atoms with Gasteiger partial charge in [-0.25, -0.2) is 4.79 Å². The molecule has 0 bridgehead atoms. The van der Waals surface area contributed by atoms with Crippen molar-refractivity contribution >= 4 is 11.9 Å². The van der Waals surface area contributed by atoms with Crippen molar-refractivity contribution in [2.24, 2.45) is 11.8 Å². The Hall–Kier alpha value is -1.10. The van der Waals surface area contributed by atoms with E-state index in [0.29, 0.717) is 12.3 Å². The highest BCUT2D eigenvalue weighted by Crippen LogP contribution is 2.20. The molecule has 0 aromatic rings. The number of amides is 1. The molecular formula is C15H27NO4. The molecule has 5 nitrogen and oxygen atoms in total. The van der Waals surface area contributed by atoms with Crippen molar-refractivity contribution in [3.05, 3.63) is 0 Å². The lowest BCUT2D eigenvalue weighted by atomic mass is 9.94. The number of carboxylic acid groups (broad SMARTS) is 1. The Morgan fingerprint density at radius 2 is 2.00 bits per heavy atom. The molecule has 0 aromatic carbocycles. The van der Waals surface area contributed by atoms with Gasteiger partial charge in [0.25, 0.3) is 0 Å². The maximum atomic E-state index is 11.8. The number of carbonyl (C=O) groups excluding carboxylic acids is 1. The summed E-state index contributed by atoms with van der Waals surface area (Å²) in [6.45, 7) is 5.43. The second-order valence-electron chi connectivity index (χ2n) is 5.72. The van der Waals surface area contributed by atoms with Gasteiger partial charge >= 0.3 is 5.97 Å². The predicted octanol–water partition coefficient (Wildman–Crippen LogP) is 2.20. The van der Waals surface area contributed by atoms with Crippen molar-refractivity contribution in [3.8, 4) is 0 Å². The molecule has 0 unspecified atom stereocenters. The molecule has 1 rings (SSSR count).